The number of nitrogens with two attached hydrogens (primary N) is 1. The van der Waals surface area contributed by atoms with E-state index in [0.29, 0.717) is 41.5 Å². The molecule has 188 valence electrons. The van der Waals surface area contributed by atoms with Crippen molar-refractivity contribution < 1.29 is 14.3 Å². The van der Waals surface area contributed by atoms with E-state index in [0.717, 1.165) is 34.2 Å². The summed E-state index contributed by atoms with van der Waals surface area (Å²) in [6.45, 7) is 6.54. The minimum Gasteiger partial charge on any atom is -0.383 e. The number of hydrogen-bond donors (Lipinski definition) is 3. The second kappa shape index (κ2) is 9.87. The lowest BCUT2D eigenvalue weighted by atomic mass is 9.97. The van der Waals surface area contributed by atoms with E-state index in [-0.39, 0.29) is 17.9 Å². The van der Waals surface area contributed by atoms with Gasteiger partial charge in [0.05, 0.1) is 23.7 Å². The highest BCUT2D eigenvalue weighted by atomic mass is 16.5. The predicted molar refractivity (Wildman–Crippen MR) is 144 cm³/mol. The number of ether oxygens (including phenoxy) is 1. The van der Waals surface area contributed by atoms with Crippen molar-refractivity contribution >= 4 is 34.4 Å². The Bertz CT molecular complexity index is 1500. The molecule has 1 aliphatic heterocycles. The molecule has 0 radical (unpaired) electrons. The van der Waals surface area contributed by atoms with Crippen LogP contribution < -0.4 is 16.4 Å². The fourth-order valence-corrected chi connectivity index (χ4v) is 4.55. The average molecular weight is 497 g/mol. The standard InChI is InChI=1S/C28H28N6O3/c1-16(2)27(35)32-20-10-8-18(9-11-20)24-22(23-25(29)30-15-31-26(23)34(24)3)17-4-6-19(7-5-17)28(36)33-21-12-13-37-14-21/h4-11,15,21H,1,12-14H2,2-3H3,(H,32,35)(H,33,36)(H2,29,30,31)/t21-/m1/s1. The molecule has 4 aromatic rings. The summed E-state index contributed by atoms with van der Waals surface area (Å²) in [7, 11) is 1.93. The van der Waals surface area contributed by atoms with E-state index in [9.17, 15) is 9.59 Å². The van der Waals surface area contributed by atoms with Crippen LogP contribution in [0.25, 0.3) is 33.4 Å². The maximum Gasteiger partial charge on any atom is 0.251 e. The van der Waals surface area contributed by atoms with Gasteiger partial charge in [-0.1, -0.05) is 30.8 Å². The van der Waals surface area contributed by atoms with Gasteiger partial charge < -0.3 is 25.7 Å². The Kier molecular flexibility index (Phi) is 6.45. The lowest BCUT2D eigenvalue weighted by Gasteiger charge is -2.12. The molecule has 37 heavy (non-hydrogen) atoms. The van der Waals surface area contributed by atoms with Crippen LogP contribution in [0.4, 0.5) is 11.5 Å². The first-order valence-electron chi connectivity index (χ1n) is 12.0. The summed E-state index contributed by atoms with van der Waals surface area (Å²) in [4.78, 5) is 33.4. The zero-order valence-corrected chi connectivity index (χ0v) is 20.7. The van der Waals surface area contributed by atoms with Gasteiger partial charge in [-0.3, -0.25) is 9.59 Å². The molecule has 1 fully saturated rings. The highest BCUT2D eigenvalue weighted by Crippen LogP contribution is 2.41. The van der Waals surface area contributed by atoms with Crippen molar-refractivity contribution in [2.75, 3.05) is 24.3 Å². The normalized spacial score (nSPS) is 15.0. The van der Waals surface area contributed by atoms with Gasteiger partial charge in [-0.05, 0) is 48.7 Å². The molecule has 1 saturated heterocycles. The van der Waals surface area contributed by atoms with Crippen LogP contribution >= 0.6 is 0 Å². The van der Waals surface area contributed by atoms with Gasteiger partial charge in [0.1, 0.15) is 17.8 Å². The van der Waals surface area contributed by atoms with E-state index in [1.165, 1.54) is 6.33 Å². The number of nitrogens with one attached hydrogen (secondary N) is 2. The van der Waals surface area contributed by atoms with E-state index in [1.807, 2.05) is 48.0 Å². The molecule has 9 nitrogen and oxygen atoms in total. The minimum atomic E-state index is -0.231. The van der Waals surface area contributed by atoms with Gasteiger partial charge in [0.15, 0.2) is 0 Å². The number of rotatable bonds is 6. The summed E-state index contributed by atoms with van der Waals surface area (Å²) in [5.74, 6) is 0.0105. The fourth-order valence-electron chi connectivity index (χ4n) is 4.55. The van der Waals surface area contributed by atoms with Crippen molar-refractivity contribution in [3.63, 3.8) is 0 Å². The molecule has 0 aliphatic carbocycles. The zero-order chi connectivity index (χ0) is 26.1. The topological polar surface area (TPSA) is 124 Å². The van der Waals surface area contributed by atoms with Crippen molar-refractivity contribution in [1.82, 2.24) is 19.9 Å². The Morgan fingerprint density at radius 3 is 2.43 bits per heavy atom. The second-order valence-corrected chi connectivity index (χ2v) is 9.16. The maximum absolute atomic E-state index is 12.7. The van der Waals surface area contributed by atoms with Crippen LogP contribution in [0.1, 0.15) is 23.7 Å². The van der Waals surface area contributed by atoms with E-state index >= 15 is 0 Å². The monoisotopic (exact) mass is 496 g/mol. The third-order valence-corrected chi connectivity index (χ3v) is 6.50. The number of nitrogens with zero attached hydrogens (tertiary/aromatic N) is 3. The van der Waals surface area contributed by atoms with Gasteiger partial charge in [-0.25, -0.2) is 9.97 Å². The molecular weight excluding hydrogens is 468 g/mol. The summed E-state index contributed by atoms with van der Waals surface area (Å²) in [6.07, 6.45) is 2.26. The van der Waals surface area contributed by atoms with Crippen LogP contribution in [0.15, 0.2) is 67.0 Å². The quantitative estimate of drug-likeness (QED) is 0.348. The predicted octanol–water partition coefficient (Wildman–Crippen LogP) is 3.92. The van der Waals surface area contributed by atoms with Crippen molar-refractivity contribution in [2.24, 2.45) is 7.05 Å². The Morgan fingerprint density at radius 1 is 1.08 bits per heavy atom. The molecule has 0 spiro atoms. The molecule has 5 rings (SSSR count). The van der Waals surface area contributed by atoms with Crippen molar-refractivity contribution in [3.05, 3.63) is 72.6 Å². The molecule has 2 aromatic heterocycles. The molecule has 1 aliphatic rings. The number of carbonyl (C=O) groups is 2. The van der Waals surface area contributed by atoms with Crippen LogP contribution in [0.5, 0.6) is 0 Å². The average Bonchev–Trinajstić information content (AvgIpc) is 3.51. The first kappa shape index (κ1) is 24.2. The first-order valence-corrected chi connectivity index (χ1v) is 12.0. The van der Waals surface area contributed by atoms with E-state index in [1.54, 1.807) is 19.1 Å². The number of carbonyl (C=O) groups excluding carboxylic acids is 2. The summed E-state index contributed by atoms with van der Waals surface area (Å²) < 4.78 is 7.33. The third kappa shape index (κ3) is 4.68. The van der Waals surface area contributed by atoms with Gasteiger partial charge in [0.25, 0.3) is 11.8 Å². The van der Waals surface area contributed by atoms with Crippen LogP contribution in [-0.4, -0.2) is 45.6 Å². The number of nitrogen functional groups attached to an aromatic ring is 1. The van der Waals surface area contributed by atoms with E-state index < -0.39 is 0 Å². The van der Waals surface area contributed by atoms with Crippen LogP contribution in [0.2, 0.25) is 0 Å². The number of aryl methyl sites for hydroxylation is 1. The second-order valence-electron chi connectivity index (χ2n) is 9.16. The SMILES string of the molecule is C=C(C)C(=O)Nc1ccc(-c2c(-c3ccc(C(=O)N[C@@H]4CCOC4)cc3)c3c(N)ncnc3n2C)cc1. The first-order chi connectivity index (χ1) is 17.8. The van der Waals surface area contributed by atoms with Gasteiger partial charge in [0.2, 0.25) is 0 Å². The molecule has 9 heteroatoms. The summed E-state index contributed by atoms with van der Waals surface area (Å²) >= 11 is 0. The molecule has 0 unspecified atom stereocenters. The van der Waals surface area contributed by atoms with Crippen LogP contribution in [0.3, 0.4) is 0 Å². The molecule has 2 amide bonds. The Labute approximate surface area is 214 Å². The minimum absolute atomic E-state index is 0.0388. The van der Waals surface area contributed by atoms with Gasteiger partial charge >= 0.3 is 0 Å². The molecule has 3 heterocycles. The highest BCUT2D eigenvalue weighted by Gasteiger charge is 2.23. The van der Waals surface area contributed by atoms with Gasteiger partial charge in [-0.15, -0.1) is 0 Å². The Balaban J connectivity index is 1.55. The van der Waals surface area contributed by atoms with Gasteiger partial charge in [0, 0.05) is 36.0 Å². The highest BCUT2D eigenvalue weighted by molar-refractivity contribution is 6.08. The smallest absolute Gasteiger partial charge is 0.251 e. The molecular formula is C28H28N6O3. The lowest BCUT2D eigenvalue weighted by Crippen LogP contribution is -2.34. The molecule has 4 N–H and O–H groups in total. The third-order valence-electron chi connectivity index (χ3n) is 6.50. The summed E-state index contributed by atoms with van der Waals surface area (Å²) in [5.41, 5.74) is 12.2. The largest absolute Gasteiger partial charge is 0.383 e. The molecule has 1 atom stereocenters. The van der Waals surface area contributed by atoms with Crippen LogP contribution in [-0.2, 0) is 16.6 Å². The summed E-state index contributed by atoms with van der Waals surface area (Å²) in [5, 5.41) is 6.58. The number of anilines is 2. The van der Waals surface area contributed by atoms with Crippen molar-refractivity contribution in [2.45, 2.75) is 19.4 Å². The lowest BCUT2D eigenvalue weighted by molar-refractivity contribution is -0.112. The summed E-state index contributed by atoms with van der Waals surface area (Å²) in [6, 6.07) is 15.0. The Morgan fingerprint density at radius 2 is 1.78 bits per heavy atom. The van der Waals surface area contributed by atoms with Crippen LogP contribution in [0, 0.1) is 0 Å². The van der Waals surface area contributed by atoms with Gasteiger partial charge in [-0.2, -0.15) is 0 Å². The van der Waals surface area contributed by atoms with Crippen molar-refractivity contribution in [1.29, 1.82) is 0 Å². The van der Waals surface area contributed by atoms with E-state index in [2.05, 4.69) is 27.2 Å². The molecule has 0 bridgehead atoms. The number of fused-ring (bicyclic) bond motifs is 1. The number of amides is 2. The Hall–Kier alpha value is -4.50. The van der Waals surface area contributed by atoms with Crippen molar-refractivity contribution in [3.8, 4) is 22.4 Å². The van der Waals surface area contributed by atoms with E-state index in [4.69, 9.17) is 10.5 Å². The zero-order valence-electron chi connectivity index (χ0n) is 20.7. The molecule has 0 saturated carbocycles. The molecule has 2 aromatic carbocycles. The number of hydrogen-bond acceptors (Lipinski definition) is 6. The fraction of sp³-hybridized carbons (Fsp3) is 0.214. The number of aromatic nitrogens is 3. The maximum atomic E-state index is 12.7. The number of benzene rings is 2.